The van der Waals surface area contributed by atoms with Crippen molar-refractivity contribution in [3.8, 4) is 0 Å². The Kier molecular flexibility index (Phi) is 6.33. The quantitative estimate of drug-likeness (QED) is 0.607. The van der Waals surface area contributed by atoms with Crippen molar-refractivity contribution in [3.05, 3.63) is 76.4 Å². The van der Waals surface area contributed by atoms with Gasteiger partial charge in [-0.05, 0) is 43.7 Å². The van der Waals surface area contributed by atoms with E-state index in [1.807, 2.05) is 36.5 Å². The third-order valence-electron chi connectivity index (χ3n) is 4.35. The fraction of sp³-hybridized carbons (Fsp3) is 0.250. The number of carbonyl (C=O) groups is 1. The van der Waals surface area contributed by atoms with Crippen molar-refractivity contribution in [1.82, 2.24) is 10.2 Å². The van der Waals surface area contributed by atoms with Gasteiger partial charge in [0.25, 0.3) is 5.91 Å². The Bertz CT molecular complexity index is 1010. The molecule has 28 heavy (non-hydrogen) atoms. The van der Waals surface area contributed by atoms with Gasteiger partial charge in [0.05, 0.1) is 23.0 Å². The Hall–Kier alpha value is -2.42. The van der Waals surface area contributed by atoms with Crippen LogP contribution in [0.25, 0.3) is 0 Å². The largest absolute Gasteiger partial charge is 0.459 e. The molecule has 2 aromatic heterocycles. The average Bonchev–Trinajstić information content (AvgIpc) is 3.34. The first-order valence-corrected chi connectivity index (χ1v) is 11.2. The summed E-state index contributed by atoms with van der Waals surface area (Å²) < 4.78 is 30.5. The van der Waals surface area contributed by atoms with Crippen LogP contribution in [0.3, 0.4) is 0 Å². The summed E-state index contributed by atoms with van der Waals surface area (Å²) in [5.74, 6) is -0.687. The number of hydrogen-bond acceptors (Lipinski definition) is 6. The summed E-state index contributed by atoms with van der Waals surface area (Å²) in [5, 5.41) is 4.85. The molecule has 0 aliphatic rings. The van der Waals surface area contributed by atoms with Crippen molar-refractivity contribution in [3.63, 3.8) is 0 Å². The topological polar surface area (TPSA) is 79.6 Å². The number of nitrogens with one attached hydrogen (secondary N) is 1. The van der Waals surface area contributed by atoms with Gasteiger partial charge in [-0.3, -0.25) is 4.79 Å². The van der Waals surface area contributed by atoms with Crippen LogP contribution in [-0.4, -0.2) is 39.9 Å². The van der Waals surface area contributed by atoms with E-state index in [-0.39, 0.29) is 22.5 Å². The molecule has 3 aromatic rings. The molecule has 0 saturated heterocycles. The van der Waals surface area contributed by atoms with Crippen molar-refractivity contribution in [2.45, 2.75) is 16.7 Å². The fourth-order valence-corrected chi connectivity index (χ4v) is 5.15. The minimum atomic E-state index is -3.57. The maximum Gasteiger partial charge on any atom is 0.287 e. The van der Waals surface area contributed by atoms with Gasteiger partial charge in [0.15, 0.2) is 15.6 Å². The molecule has 1 N–H and O–H groups in total. The van der Waals surface area contributed by atoms with Crippen LogP contribution in [-0.2, 0) is 15.6 Å². The molecule has 1 atom stereocenters. The maximum absolute atomic E-state index is 12.6. The lowest BCUT2D eigenvalue weighted by Gasteiger charge is -2.23. The van der Waals surface area contributed by atoms with E-state index in [4.69, 9.17) is 4.42 Å². The van der Waals surface area contributed by atoms with Crippen LogP contribution in [0.5, 0.6) is 0 Å². The molecule has 1 aromatic carbocycles. The highest BCUT2D eigenvalue weighted by Gasteiger charge is 2.23. The molecule has 0 saturated carbocycles. The highest BCUT2D eigenvalue weighted by Crippen LogP contribution is 2.23. The highest BCUT2D eigenvalue weighted by molar-refractivity contribution is 7.90. The summed E-state index contributed by atoms with van der Waals surface area (Å²) >= 11 is 1.62. The molecule has 0 radical (unpaired) electrons. The molecule has 0 spiro atoms. The molecule has 0 aliphatic heterocycles. The monoisotopic (exact) mass is 418 g/mol. The van der Waals surface area contributed by atoms with Crippen LogP contribution in [0.1, 0.15) is 27.0 Å². The molecule has 148 valence electrons. The standard InChI is InChI=1S/C20H22N2O4S2/c1-22(2)17(18-9-6-12-27-18)13-21-20(23)19-15(10-11-26-19)14-28(24,25)16-7-4-3-5-8-16/h3-12,17H,13-14H2,1-2H3,(H,21,23)/t17-/m0/s1. The zero-order chi connectivity index (χ0) is 20.1. The molecule has 0 aliphatic carbocycles. The lowest BCUT2D eigenvalue weighted by atomic mass is 10.2. The average molecular weight is 419 g/mol. The van der Waals surface area contributed by atoms with Gasteiger partial charge in [0, 0.05) is 17.0 Å². The van der Waals surface area contributed by atoms with E-state index in [1.54, 1.807) is 29.5 Å². The zero-order valence-electron chi connectivity index (χ0n) is 15.7. The Morgan fingerprint density at radius 1 is 1.14 bits per heavy atom. The van der Waals surface area contributed by atoms with Gasteiger partial charge in [-0.15, -0.1) is 11.3 Å². The van der Waals surface area contributed by atoms with Crippen LogP contribution in [0.4, 0.5) is 0 Å². The van der Waals surface area contributed by atoms with Gasteiger partial charge in [-0.1, -0.05) is 24.3 Å². The Balaban J connectivity index is 1.72. The van der Waals surface area contributed by atoms with E-state index in [1.165, 1.54) is 24.5 Å². The molecule has 0 fully saturated rings. The number of furan rings is 1. The van der Waals surface area contributed by atoms with Crippen LogP contribution in [0.15, 0.2) is 69.5 Å². The number of amides is 1. The molecule has 0 unspecified atom stereocenters. The zero-order valence-corrected chi connectivity index (χ0v) is 17.3. The number of benzene rings is 1. The Morgan fingerprint density at radius 2 is 1.89 bits per heavy atom. The minimum absolute atomic E-state index is 0.0235. The van der Waals surface area contributed by atoms with Crippen LogP contribution in [0, 0.1) is 0 Å². The summed E-state index contributed by atoms with van der Waals surface area (Å²) in [6, 6.07) is 13.7. The Morgan fingerprint density at radius 3 is 2.54 bits per heavy atom. The maximum atomic E-state index is 12.6. The normalized spacial score (nSPS) is 12.8. The van der Waals surface area contributed by atoms with Gasteiger partial charge < -0.3 is 14.6 Å². The summed E-state index contributed by atoms with van der Waals surface area (Å²) in [6.45, 7) is 0.387. The number of rotatable bonds is 8. The number of thiophene rings is 1. The molecule has 6 nitrogen and oxygen atoms in total. The minimum Gasteiger partial charge on any atom is -0.459 e. The van der Waals surface area contributed by atoms with Gasteiger partial charge in [-0.25, -0.2) is 8.42 Å². The molecule has 0 bridgehead atoms. The van der Waals surface area contributed by atoms with E-state index in [2.05, 4.69) is 5.32 Å². The summed E-state index contributed by atoms with van der Waals surface area (Å²) in [4.78, 5) is 16.0. The van der Waals surface area contributed by atoms with Crippen molar-refractivity contribution >= 4 is 27.1 Å². The number of hydrogen-bond donors (Lipinski definition) is 1. The first kappa shape index (κ1) is 20.3. The van der Waals surface area contributed by atoms with E-state index < -0.39 is 15.7 Å². The smallest absolute Gasteiger partial charge is 0.287 e. The van der Waals surface area contributed by atoms with Crippen molar-refractivity contribution in [1.29, 1.82) is 0 Å². The molecule has 8 heteroatoms. The van der Waals surface area contributed by atoms with Crippen molar-refractivity contribution in [2.24, 2.45) is 0 Å². The predicted molar refractivity (Wildman–Crippen MR) is 109 cm³/mol. The predicted octanol–water partition coefficient (Wildman–Crippen LogP) is 3.35. The molecule has 1 amide bonds. The van der Waals surface area contributed by atoms with Crippen molar-refractivity contribution < 1.29 is 17.6 Å². The number of carbonyl (C=O) groups excluding carboxylic acids is 1. The fourth-order valence-electron chi connectivity index (χ4n) is 2.85. The first-order valence-electron chi connectivity index (χ1n) is 8.70. The summed E-state index contributed by atoms with van der Waals surface area (Å²) in [7, 11) is 0.325. The molecule has 3 rings (SSSR count). The lowest BCUT2D eigenvalue weighted by molar-refractivity contribution is 0.0913. The van der Waals surface area contributed by atoms with E-state index in [9.17, 15) is 13.2 Å². The number of nitrogens with zero attached hydrogens (tertiary/aromatic N) is 1. The Labute approximate surface area is 168 Å². The van der Waals surface area contributed by atoms with Gasteiger partial charge in [0.1, 0.15) is 0 Å². The highest BCUT2D eigenvalue weighted by atomic mass is 32.2. The third kappa shape index (κ3) is 4.70. The molecular weight excluding hydrogens is 396 g/mol. The SMILES string of the molecule is CN(C)[C@@H](CNC(=O)c1occc1CS(=O)(=O)c1ccccc1)c1cccs1. The van der Waals surface area contributed by atoms with E-state index >= 15 is 0 Å². The van der Waals surface area contributed by atoms with Crippen LogP contribution in [0.2, 0.25) is 0 Å². The van der Waals surface area contributed by atoms with Crippen LogP contribution < -0.4 is 5.32 Å². The second kappa shape index (κ2) is 8.72. The number of sulfone groups is 1. The summed E-state index contributed by atoms with van der Waals surface area (Å²) in [5.41, 5.74) is 0.346. The molecular formula is C20H22N2O4S2. The lowest BCUT2D eigenvalue weighted by Crippen LogP contribution is -2.34. The van der Waals surface area contributed by atoms with Gasteiger partial charge >= 0.3 is 0 Å². The van der Waals surface area contributed by atoms with Crippen LogP contribution >= 0.6 is 11.3 Å². The summed E-state index contributed by atoms with van der Waals surface area (Å²) in [6.07, 6.45) is 1.34. The van der Waals surface area contributed by atoms with E-state index in [0.717, 1.165) is 4.88 Å². The van der Waals surface area contributed by atoms with Gasteiger partial charge in [0.2, 0.25) is 0 Å². The first-order chi connectivity index (χ1) is 13.4. The van der Waals surface area contributed by atoms with Gasteiger partial charge in [-0.2, -0.15) is 0 Å². The third-order valence-corrected chi connectivity index (χ3v) is 7.01. The number of likely N-dealkylation sites (N-methyl/N-ethyl adjacent to an activating group) is 1. The van der Waals surface area contributed by atoms with E-state index in [0.29, 0.717) is 12.1 Å². The second-order valence-electron chi connectivity index (χ2n) is 6.55. The van der Waals surface area contributed by atoms with Crippen molar-refractivity contribution in [2.75, 3.05) is 20.6 Å². The molecule has 2 heterocycles. The second-order valence-corrected chi connectivity index (χ2v) is 9.52.